The van der Waals surface area contributed by atoms with E-state index in [1.54, 1.807) is 6.92 Å². The minimum absolute atomic E-state index is 0.0664. The lowest BCUT2D eigenvalue weighted by Gasteiger charge is -2.43. The molecule has 1 rings (SSSR count). The number of carbonyl (C=O) groups excluding carboxylic acids is 1. The molecule has 4 heteroatoms. The molecule has 0 aliphatic carbocycles. The number of amides is 1. The van der Waals surface area contributed by atoms with Gasteiger partial charge in [0.15, 0.2) is 0 Å². The Morgan fingerprint density at radius 3 is 2.41 bits per heavy atom. The van der Waals surface area contributed by atoms with E-state index < -0.39 is 5.60 Å². The van der Waals surface area contributed by atoms with Gasteiger partial charge in [-0.15, -0.1) is 0 Å². The third-order valence-electron chi connectivity index (χ3n) is 3.08. The van der Waals surface area contributed by atoms with Crippen molar-refractivity contribution in [3.05, 3.63) is 0 Å². The Kier molecular flexibility index (Phi) is 4.95. The third-order valence-corrected chi connectivity index (χ3v) is 3.08. The Morgan fingerprint density at radius 2 is 1.94 bits per heavy atom. The summed E-state index contributed by atoms with van der Waals surface area (Å²) < 4.78 is 0. The van der Waals surface area contributed by atoms with Crippen molar-refractivity contribution in [2.75, 3.05) is 19.6 Å². The zero-order valence-electron chi connectivity index (χ0n) is 11.5. The van der Waals surface area contributed by atoms with Gasteiger partial charge in [-0.2, -0.15) is 0 Å². The maximum Gasteiger partial charge on any atom is 0.234 e. The van der Waals surface area contributed by atoms with Crippen molar-refractivity contribution in [2.24, 2.45) is 5.92 Å². The molecule has 2 N–H and O–H groups in total. The van der Waals surface area contributed by atoms with E-state index in [1.807, 2.05) is 11.8 Å². The molecule has 0 bridgehead atoms. The van der Waals surface area contributed by atoms with Gasteiger partial charge in [0.1, 0.15) is 0 Å². The summed E-state index contributed by atoms with van der Waals surface area (Å²) in [6, 6.07) is 0.242. The Morgan fingerprint density at radius 1 is 1.35 bits per heavy atom. The summed E-state index contributed by atoms with van der Waals surface area (Å²) >= 11 is 0. The van der Waals surface area contributed by atoms with Crippen LogP contribution in [0.25, 0.3) is 0 Å². The van der Waals surface area contributed by atoms with Crippen LogP contribution in [0, 0.1) is 5.92 Å². The van der Waals surface area contributed by atoms with E-state index in [2.05, 4.69) is 19.2 Å². The molecule has 0 radical (unpaired) electrons. The highest BCUT2D eigenvalue weighted by Crippen LogP contribution is 2.18. The first-order valence-electron chi connectivity index (χ1n) is 6.52. The molecule has 1 saturated heterocycles. The van der Waals surface area contributed by atoms with Crippen LogP contribution in [0.5, 0.6) is 0 Å². The maximum absolute atomic E-state index is 11.7. The second kappa shape index (κ2) is 5.83. The van der Waals surface area contributed by atoms with Gasteiger partial charge >= 0.3 is 0 Å². The molecule has 4 nitrogen and oxygen atoms in total. The Bertz CT molecular complexity index is 256. The minimum Gasteiger partial charge on any atom is -0.388 e. The van der Waals surface area contributed by atoms with Crippen molar-refractivity contribution >= 4 is 5.91 Å². The first-order valence-corrected chi connectivity index (χ1v) is 6.52. The van der Waals surface area contributed by atoms with Crippen LogP contribution >= 0.6 is 0 Å². The van der Waals surface area contributed by atoms with Crippen LogP contribution < -0.4 is 5.32 Å². The minimum atomic E-state index is -0.594. The summed E-state index contributed by atoms with van der Waals surface area (Å²) in [5.41, 5.74) is -0.594. The quantitative estimate of drug-likeness (QED) is 0.730. The number of likely N-dealkylation sites (tertiary alicyclic amines) is 1. The number of carbonyl (C=O) groups is 1. The molecule has 1 unspecified atom stereocenters. The van der Waals surface area contributed by atoms with Crippen molar-refractivity contribution in [1.29, 1.82) is 0 Å². The summed E-state index contributed by atoms with van der Waals surface area (Å²) in [5, 5.41) is 12.5. The fourth-order valence-electron chi connectivity index (χ4n) is 2.21. The molecule has 100 valence electrons. The average Bonchev–Trinajstić information content (AvgIpc) is 2.11. The summed E-state index contributed by atoms with van der Waals surface area (Å²) in [5.74, 6) is 0.747. The van der Waals surface area contributed by atoms with E-state index >= 15 is 0 Å². The molecular weight excluding hydrogens is 216 g/mol. The first-order chi connectivity index (χ1) is 7.78. The van der Waals surface area contributed by atoms with Crippen molar-refractivity contribution in [3.8, 4) is 0 Å². The molecule has 1 heterocycles. The zero-order chi connectivity index (χ0) is 13.1. The fraction of sp³-hybridized carbons (Fsp3) is 0.923. The van der Waals surface area contributed by atoms with Crippen LogP contribution in [0.2, 0.25) is 0 Å². The van der Waals surface area contributed by atoms with E-state index in [4.69, 9.17) is 0 Å². The van der Waals surface area contributed by atoms with E-state index in [0.717, 1.165) is 12.8 Å². The standard InChI is InChI=1S/C13H26N2O2/c1-10(2)5-6-11(3)14-12(16)7-15-8-13(4,17)9-15/h10-11,17H,5-9H2,1-4H3,(H,14,16). The molecule has 0 spiro atoms. The number of nitrogens with zero attached hydrogens (tertiary/aromatic N) is 1. The van der Waals surface area contributed by atoms with Gasteiger partial charge in [-0.3, -0.25) is 9.69 Å². The van der Waals surface area contributed by atoms with E-state index in [9.17, 15) is 9.90 Å². The second-order valence-corrected chi connectivity index (χ2v) is 6.08. The molecule has 1 amide bonds. The van der Waals surface area contributed by atoms with E-state index in [1.165, 1.54) is 0 Å². The molecule has 1 atom stereocenters. The zero-order valence-corrected chi connectivity index (χ0v) is 11.5. The van der Waals surface area contributed by atoms with Crippen LogP contribution in [0.1, 0.15) is 40.5 Å². The summed E-state index contributed by atoms with van der Waals surface area (Å²) in [6.07, 6.45) is 2.17. The van der Waals surface area contributed by atoms with E-state index in [-0.39, 0.29) is 11.9 Å². The Balaban J connectivity index is 2.13. The second-order valence-electron chi connectivity index (χ2n) is 6.08. The van der Waals surface area contributed by atoms with Crippen LogP contribution in [-0.4, -0.2) is 47.2 Å². The first kappa shape index (κ1) is 14.5. The van der Waals surface area contributed by atoms with Gasteiger partial charge in [0, 0.05) is 19.1 Å². The van der Waals surface area contributed by atoms with E-state index in [0.29, 0.717) is 25.6 Å². The summed E-state index contributed by atoms with van der Waals surface area (Å²) in [6.45, 7) is 9.83. The van der Waals surface area contributed by atoms with Gasteiger partial charge in [0.25, 0.3) is 0 Å². The SMILES string of the molecule is CC(C)CCC(C)NC(=O)CN1CC(C)(O)C1. The normalized spacial score (nSPS) is 21.1. The van der Waals surface area contributed by atoms with Gasteiger partial charge in [-0.25, -0.2) is 0 Å². The smallest absolute Gasteiger partial charge is 0.234 e. The van der Waals surface area contributed by atoms with Crippen molar-refractivity contribution in [1.82, 2.24) is 10.2 Å². The summed E-state index contributed by atoms with van der Waals surface area (Å²) in [4.78, 5) is 13.6. The lowest BCUT2D eigenvalue weighted by atomic mass is 9.97. The number of rotatable bonds is 6. The topological polar surface area (TPSA) is 52.6 Å². The lowest BCUT2D eigenvalue weighted by molar-refractivity contribution is -0.130. The van der Waals surface area contributed by atoms with Crippen LogP contribution in [0.15, 0.2) is 0 Å². The molecule has 0 saturated carbocycles. The van der Waals surface area contributed by atoms with Gasteiger partial charge in [0.2, 0.25) is 5.91 Å². The molecule has 0 aromatic rings. The predicted molar refractivity (Wildman–Crippen MR) is 68.7 cm³/mol. The number of hydrogen-bond acceptors (Lipinski definition) is 3. The van der Waals surface area contributed by atoms with Gasteiger partial charge in [-0.05, 0) is 32.6 Å². The lowest BCUT2D eigenvalue weighted by Crippen LogP contribution is -2.61. The molecule has 0 aromatic heterocycles. The third kappa shape index (κ3) is 5.50. The Labute approximate surface area is 104 Å². The average molecular weight is 242 g/mol. The van der Waals surface area contributed by atoms with Crippen molar-refractivity contribution in [3.63, 3.8) is 0 Å². The van der Waals surface area contributed by atoms with Crippen LogP contribution in [0.4, 0.5) is 0 Å². The monoisotopic (exact) mass is 242 g/mol. The van der Waals surface area contributed by atoms with Gasteiger partial charge in [0.05, 0.1) is 12.1 Å². The van der Waals surface area contributed by atoms with Gasteiger partial charge < -0.3 is 10.4 Å². The Hall–Kier alpha value is -0.610. The summed E-state index contributed by atoms with van der Waals surface area (Å²) in [7, 11) is 0. The molecule has 17 heavy (non-hydrogen) atoms. The predicted octanol–water partition coefficient (Wildman–Crippen LogP) is 0.994. The maximum atomic E-state index is 11.7. The highest BCUT2D eigenvalue weighted by molar-refractivity contribution is 5.78. The number of nitrogens with one attached hydrogen (secondary N) is 1. The number of aliphatic hydroxyl groups is 1. The largest absolute Gasteiger partial charge is 0.388 e. The van der Waals surface area contributed by atoms with Gasteiger partial charge in [-0.1, -0.05) is 13.8 Å². The fourth-order valence-corrected chi connectivity index (χ4v) is 2.21. The molecule has 1 fully saturated rings. The highest BCUT2D eigenvalue weighted by Gasteiger charge is 2.37. The molecule has 0 aromatic carbocycles. The molecular formula is C13H26N2O2. The van der Waals surface area contributed by atoms with Crippen molar-refractivity contribution in [2.45, 2.75) is 52.2 Å². The van der Waals surface area contributed by atoms with Crippen LogP contribution in [-0.2, 0) is 4.79 Å². The molecule has 1 aliphatic rings. The highest BCUT2D eigenvalue weighted by atomic mass is 16.3. The number of hydrogen-bond donors (Lipinski definition) is 2. The number of β-amino-alcohol motifs (C(OH)–C–C–N with tert-alkyl or cyclic N) is 1. The van der Waals surface area contributed by atoms with Crippen LogP contribution in [0.3, 0.4) is 0 Å². The molecule has 1 aliphatic heterocycles. The van der Waals surface area contributed by atoms with Crippen molar-refractivity contribution < 1.29 is 9.90 Å².